The minimum atomic E-state index is -0.249. The second-order valence-corrected chi connectivity index (χ2v) is 5.89. The van der Waals surface area contributed by atoms with E-state index in [1.807, 2.05) is 6.26 Å². The van der Waals surface area contributed by atoms with E-state index >= 15 is 0 Å². The van der Waals surface area contributed by atoms with Crippen LogP contribution in [0.5, 0.6) is 0 Å². The van der Waals surface area contributed by atoms with Gasteiger partial charge in [-0.3, -0.25) is 9.59 Å². The molecule has 1 aromatic rings. The molecule has 7 heteroatoms. The highest BCUT2D eigenvalue weighted by atomic mass is 32.2. The Morgan fingerprint density at radius 1 is 1.36 bits per heavy atom. The number of esters is 1. The molecule has 0 spiro atoms. The van der Waals surface area contributed by atoms with Crippen LogP contribution in [0, 0.1) is 0 Å². The lowest BCUT2D eigenvalue weighted by atomic mass is 9.98. The fraction of sp³-hybridized carbons (Fsp3) is 0.600. The summed E-state index contributed by atoms with van der Waals surface area (Å²) in [5.74, 6) is -0.358. The maximum Gasteiger partial charge on any atom is 0.307 e. The summed E-state index contributed by atoms with van der Waals surface area (Å²) in [6, 6.07) is -0.0967. The van der Waals surface area contributed by atoms with E-state index in [0.29, 0.717) is 23.9 Å². The fourth-order valence-corrected chi connectivity index (χ4v) is 2.91. The van der Waals surface area contributed by atoms with Gasteiger partial charge in [-0.05, 0) is 32.4 Å². The molecule has 1 aromatic heterocycles. The molecule has 1 atom stereocenters. The number of likely N-dealkylation sites (tertiary alicyclic amines) is 1. The van der Waals surface area contributed by atoms with Gasteiger partial charge < -0.3 is 9.64 Å². The molecule has 0 radical (unpaired) electrons. The van der Waals surface area contributed by atoms with Crippen molar-refractivity contribution >= 4 is 23.6 Å². The van der Waals surface area contributed by atoms with Gasteiger partial charge in [-0.15, -0.1) is 0 Å². The van der Waals surface area contributed by atoms with Gasteiger partial charge in [-0.2, -0.15) is 0 Å². The van der Waals surface area contributed by atoms with E-state index in [-0.39, 0.29) is 24.3 Å². The number of piperidine rings is 1. The van der Waals surface area contributed by atoms with E-state index in [9.17, 15) is 9.59 Å². The van der Waals surface area contributed by atoms with Crippen LogP contribution in [0.4, 0.5) is 0 Å². The molecular formula is C15H21N3O3S. The fourth-order valence-electron chi connectivity index (χ4n) is 2.59. The Morgan fingerprint density at radius 2 is 2.09 bits per heavy atom. The largest absolute Gasteiger partial charge is 0.466 e. The molecule has 22 heavy (non-hydrogen) atoms. The van der Waals surface area contributed by atoms with Gasteiger partial charge in [0, 0.05) is 25.0 Å². The smallest absolute Gasteiger partial charge is 0.307 e. The molecule has 1 saturated heterocycles. The molecule has 0 aromatic carbocycles. The maximum absolute atomic E-state index is 12.6. The second-order valence-electron chi connectivity index (χ2n) is 5.12. The zero-order valence-corrected chi connectivity index (χ0v) is 13.8. The first-order valence-corrected chi connectivity index (χ1v) is 8.70. The van der Waals surface area contributed by atoms with Crippen molar-refractivity contribution in [1.29, 1.82) is 0 Å². The summed E-state index contributed by atoms with van der Waals surface area (Å²) in [6.07, 6.45) is 8.05. The zero-order chi connectivity index (χ0) is 15.9. The normalized spacial score (nSPS) is 18.1. The van der Waals surface area contributed by atoms with Crippen LogP contribution in [-0.4, -0.2) is 52.2 Å². The van der Waals surface area contributed by atoms with Crippen molar-refractivity contribution in [3.05, 3.63) is 18.0 Å². The summed E-state index contributed by atoms with van der Waals surface area (Å²) in [6.45, 7) is 2.81. The Morgan fingerprint density at radius 3 is 2.73 bits per heavy atom. The molecule has 1 aliphatic heterocycles. The van der Waals surface area contributed by atoms with Crippen molar-refractivity contribution in [3.8, 4) is 0 Å². The number of hydrogen-bond acceptors (Lipinski definition) is 6. The van der Waals surface area contributed by atoms with Crippen LogP contribution in [0.15, 0.2) is 17.6 Å². The highest BCUT2D eigenvalue weighted by molar-refractivity contribution is 7.98. The number of carbonyl (C=O) groups excluding carboxylic acids is 2. The first-order chi connectivity index (χ1) is 10.7. The predicted octanol–water partition coefficient (Wildman–Crippen LogP) is 2.15. The van der Waals surface area contributed by atoms with E-state index in [1.54, 1.807) is 24.2 Å². The van der Waals surface area contributed by atoms with Crippen LogP contribution >= 0.6 is 11.8 Å². The summed E-state index contributed by atoms with van der Waals surface area (Å²) in [5, 5.41) is 0.637. The molecule has 0 bridgehead atoms. The van der Waals surface area contributed by atoms with Crippen LogP contribution < -0.4 is 0 Å². The lowest BCUT2D eigenvalue weighted by molar-refractivity contribution is -0.144. The Balaban J connectivity index is 2.08. The second kappa shape index (κ2) is 8.12. The number of aromatic nitrogens is 2. The van der Waals surface area contributed by atoms with Crippen molar-refractivity contribution in [2.45, 2.75) is 43.8 Å². The molecule has 2 rings (SSSR count). The Bertz CT molecular complexity index is 521. The van der Waals surface area contributed by atoms with Crippen LogP contribution in [0.3, 0.4) is 0 Å². The molecule has 6 nitrogen and oxygen atoms in total. The molecule has 0 aliphatic carbocycles. The van der Waals surface area contributed by atoms with E-state index in [2.05, 4.69) is 9.97 Å². The van der Waals surface area contributed by atoms with E-state index in [0.717, 1.165) is 19.3 Å². The number of thioether (sulfide) groups is 1. The number of rotatable bonds is 5. The minimum absolute atomic E-state index is 0.0967. The quantitative estimate of drug-likeness (QED) is 0.470. The highest BCUT2D eigenvalue weighted by Crippen LogP contribution is 2.22. The van der Waals surface area contributed by atoms with Gasteiger partial charge in [0.15, 0.2) is 5.16 Å². The lowest BCUT2D eigenvalue weighted by Gasteiger charge is -2.35. The summed E-state index contributed by atoms with van der Waals surface area (Å²) in [4.78, 5) is 34.4. The molecule has 1 fully saturated rings. The third-order valence-electron chi connectivity index (χ3n) is 3.65. The number of hydrogen-bond donors (Lipinski definition) is 0. The molecule has 0 N–H and O–H groups in total. The standard InChI is InChI=1S/C15H21N3O3S/c1-3-21-13(19)8-12-6-4-5-7-18(12)14(20)11-9-16-15(22-2)17-10-11/h9-10,12H,3-8H2,1-2H3/t12-/m1/s1. The third kappa shape index (κ3) is 4.19. The number of amides is 1. The number of ether oxygens (including phenoxy) is 1. The molecule has 0 saturated carbocycles. The number of carbonyl (C=O) groups is 2. The van der Waals surface area contributed by atoms with Gasteiger partial charge in [0.25, 0.3) is 5.91 Å². The molecule has 1 aliphatic rings. The maximum atomic E-state index is 12.6. The zero-order valence-electron chi connectivity index (χ0n) is 12.9. The van der Waals surface area contributed by atoms with Gasteiger partial charge in [-0.1, -0.05) is 11.8 Å². The Kier molecular flexibility index (Phi) is 6.18. The summed E-state index contributed by atoms with van der Waals surface area (Å²) < 4.78 is 5.00. The monoisotopic (exact) mass is 323 g/mol. The average Bonchev–Trinajstić information content (AvgIpc) is 2.55. The summed E-state index contributed by atoms with van der Waals surface area (Å²) in [5.41, 5.74) is 0.466. The van der Waals surface area contributed by atoms with Gasteiger partial charge in [0.2, 0.25) is 0 Å². The van der Waals surface area contributed by atoms with Crippen LogP contribution in [0.1, 0.15) is 43.0 Å². The highest BCUT2D eigenvalue weighted by Gasteiger charge is 2.29. The van der Waals surface area contributed by atoms with Crippen LogP contribution in [0.2, 0.25) is 0 Å². The molecule has 120 valence electrons. The van der Waals surface area contributed by atoms with E-state index in [4.69, 9.17) is 4.74 Å². The van der Waals surface area contributed by atoms with Crippen LogP contribution in [0.25, 0.3) is 0 Å². The molecule has 0 unspecified atom stereocenters. The number of nitrogens with zero attached hydrogens (tertiary/aromatic N) is 3. The van der Waals surface area contributed by atoms with Crippen LogP contribution in [-0.2, 0) is 9.53 Å². The molecule has 1 amide bonds. The van der Waals surface area contributed by atoms with Gasteiger partial charge >= 0.3 is 5.97 Å². The summed E-state index contributed by atoms with van der Waals surface area (Å²) in [7, 11) is 0. The predicted molar refractivity (Wildman–Crippen MR) is 83.7 cm³/mol. The first-order valence-electron chi connectivity index (χ1n) is 7.48. The van der Waals surface area contributed by atoms with Gasteiger partial charge in [0.1, 0.15) is 0 Å². The van der Waals surface area contributed by atoms with Crippen molar-refractivity contribution in [2.75, 3.05) is 19.4 Å². The van der Waals surface area contributed by atoms with Gasteiger partial charge in [-0.25, -0.2) is 9.97 Å². The van der Waals surface area contributed by atoms with Crippen molar-refractivity contribution in [2.24, 2.45) is 0 Å². The van der Waals surface area contributed by atoms with E-state index in [1.165, 1.54) is 11.8 Å². The van der Waals surface area contributed by atoms with Crippen molar-refractivity contribution in [3.63, 3.8) is 0 Å². The van der Waals surface area contributed by atoms with Gasteiger partial charge in [0.05, 0.1) is 18.6 Å². The average molecular weight is 323 g/mol. The Hall–Kier alpha value is -1.63. The summed E-state index contributed by atoms with van der Waals surface area (Å²) >= 11 is 1.43. The first kappa shape index (κ1) is 16.7. The van der Waals surface area contributed by atoms with Crippen molar-refractivity contribution < 1.29 is 14.3 Å². The Labute approximate surface area is 134 Å². The topological polar surface area (TPSA) is 72.4 Å². The third-order valence-corrected chi connectivity index (χ3v) is 4.23. The molecular weight excluding hydrogens is 302 g/mol. The lowest BCUT2D eigenvalue weighted by Crippen LogP contribution is -2.45. The molecule has 2 heterocycles. The SMILES string of the molecule is CCOC(=O)C[C@H]1CCCCN1C(=O)c1cnc(SC)nc1. The van der Waals surface area contributed by atoms with E-state index < -0.39 is 0 Å². The minimum Gasteiger partial charge on any atom is -0.466 e. The van der Waals surface area contributed by atoms with Crippen molar-refractivity contribution in [1.82, 2.24) is 14.9 Å².